The van der Waals surface area contributed by atoms with E-state index < -0.39 is 0 Å². The van der Waals surface area contributed by atoms with Gasteiger partial charge in [0.1, 0.15) is 0 Å². The number of hydrogen-bond acceptors (Lipinski definition) is 3. The van der Waals surface area contributed by atoms with E-state index in [1.807, 2.05) is 13.0 Å². The Labute approximate surface area is 185 Å². The fraction of sp³-hybridized carbons (Fsp3) is 0.320. The third kappa shape index (κ3) is 2.72. The number of amides is 3. The number of nitrogens with zero attached hydrogens (tertiary/aromatic N) is 1. The molecule has 1 saturated heterocycles. The predicted octanol–water partition coefficient (Wildman–Crippen LogP) is 4.46. The van der Waals surface area contributed by atoms with Gasteiger partial charge in [-0.2, -0.15) is 0 Å². The van der Waals surface area contributed by atoms with E-state index in [0.29, 0.717) is 33.8 Å². The van der Waals surface area contributed by atoms with Crippen molar-refractivity contribution < 1.29 is 14.4 Å². The highest BCUT2D eigenvalue weighted by atomic mass is 35.5. The molecule has 31 heavy (non-hydrogen) atoms. The number of anilines is 2. The topological polar surface area (TPSA) is 66.5 Å². The lowest BCUT2D eigenvalue weighted by Gasteiger charge is -2.37. The molecule has 0 radical (unpaired) electrons. The van der Waals surface area contributed by atoms with Crippen LogP contribution < -0.4 is 10.2 Å². The molecule has 2 aromatic carbocycles. The van der Waals surface area contributed by atoms with Crippen LogP contribution in [0.4, 0.5) is 11.4 Å². The zero-order chi connectivity index (χ0) is 21.4. The van der Waals surface area contributed by atoms with E-state index in [2.05, 4.69) is 17.5 Å². The normalized spacial score (nSPS) is 32.1. The molecule has 156 valence electrons. The second-order valence-corrected chi connectivity index (χ2v) is 9.54. The first kappa shape index (κ1) is 18.8. The Balaban J connectivity index is 1.28. The summed E-state index contributed by atoms with van der Waals surface area (Å²) in [6.45, 7) is 1.89. The number of hydrogen-bond donors (Lipinski definition) is 1. The Morgan fingerprint density at radius 1 is 1.00 bits per heavy atom. The van der Waals surface area contributed by atoms with Gasteiger partial charge in [-0.1, -0.05) is 35.9 Å². The number of allylic oxidation sites excluding steroid dienone is 2. The maximum absolute atomic E-state index is 13.3. The summed E-state index contributed by atoms with van der Waals surface area (Å²) in [6.07, 6.45) is 5.45. The fourth-order valence-corrected chi connectivity index (χ4v) is 6.05. The van der Waals surface area contributed by atoms with Gasteiger partial charge in [0.2, 0.25) is 11.8 Å². The Morgan fingerprint density at radius 2 is 1.68 bits per heavy atom. The van der Waals surface area contributed by atoms with E-state index in [4.69, 9.17) is 11.6 Å². The predicted molar refractivity (Wildman–Crippen MR) is 118 cm³/mol. The minimum Gasteiger partial charge on any atom is -0.322 e. The van der Waals surface area contributed by atoms with Gasteiger partial charge in [-0.3, -0.25) is 14.4 Å². The third-order valence-corrected chi connectivity index (χ3v) is 7.87. The van der Waals surface area contributed by atoms with Crippen molar-refractivity contribution in [3.05, 3.63) is 70.8 Å². The van der Waals surface area contributed by atoms with Gasteiger partial charge < -0.3 is 5.32 Å². The van der Waals surface area contributed by atoms with Crippen molar-refractivity contribution in [2.75, 3.05) is 10.2 Å². The molecule has 1 aliphatic heterocycles. The summed E-state index contributed by atoms with van der Waals surface area (Å²) in [4.78, 5) is 40.7. The summed E-state index contributed by atoms with van der Waals surface area (Å²) in [5, 5.41) is 3.40. The molecule has 4 aliphatic carbocycles. The first-order valence-corrected chi connectivity index (χ1v) is 11.1. The van der Waals surface area contributed by atoms with Crippen LogP contribution in [0.2, 0.25) is 5.02 Å². The molecule has 6 heteroatoms. The molecule has 6 atom stereocenters. The molecule has 7 rings (SSSR count). The number of halogens is 1. The fourth-order valence-electron chi connectivity index (χ4n) is 5.87. The summed E-state index contributed by atoms with van der Waals surface area (Å²) in [5.41, 5.74) is 2.36. The van der Waals surface area contributed by atoms with E-state index >= 15 is 0 Å². The molecule has 1 N–H and O–H groups in total. The number of aryl methyl sites for hydroxylation is 1. The zero-order valence-electron chi connectivity index (χ0n) is 16.9. The average molecular weight is 433 g/mol. The standard InChI is InChI=1S/C25H21ClN2O3/c1-12-5-6-14(10-20(12)26)27-23(29)13-3-2-4-15(9-13)28-24(30)21-16-7-8-17(19-11-18(16)19)22(21)25(28)31/h2-10,16-19,21-22H,11H2,1H3,(H,27,29)/t16-,17-,18-,19-,21+,22+/m0/s1. The van der Waals surface area contributed by atoms with E-state index in [1.165, 1.54) is 4.90 Å². The average Bonchev–Trinajstić information content (AvgIpc) is 3.54. The van der Waals surface area contributed by atoms with Crippen molar-refractivity contribution in [3.63, 3.8) is 0 Å². The van der Waals surface area contributed by atoms with Crippen LogP contribution in [-0.2, 0) is 9.59 Å². The maximum Gasteiger partial charge on any atom is 0.255 e. The summed E-state index contributed by atoms with van der Waals surface area (Å²) in [7, 11) is 0. The highest BCUT2D eigenvalue weighted by molar-refractivity contribution is 6.31. The Morgan fingerprint density at radius 3 is 2.32 bits per heavy atom. The van der Waals surface area contributed by atoms with Gasteiger partial charge in [0.15, 0.2) is 0 Å². The Hall–Kier alpha value is -2.92. The molecule has 1 heterocycles. The molecule has 5 nitrogen and oxygen atoms in total. The number of rotatable bonds is 3. The third-order valence-electron chi connectivity index (χ3n) is 7.46. The Kier molecular flexibility index (Phi) is 3.97. The van der Waals surface area contributed by atoms with Crippen LogP contribution in [0, 0.1) is 42.4 Å². The van der Waals surface area contributed by atoms with Crippen LogP contribution in [0.15, 0.2) is 54.6 Å². The smallest absolute Gasteiger partial charge is 0.255 e. The molecular weight excluding hydrogens is 412 g/mol. The van der Waals surface area contributed by atoms with Gasteiger partial charge in [-0.05, 0) is 72.9 Å². The van der Waals surface area contributed by atoms with E-state index in [1.54, 1.807) is 36.4 Å². The highest BCUT2D eigenvalue weighted by Gasteiger charge is 2.67. The summed E-state index contributed by atoms with van der Waals surface area (Å²) < 4.78 is 0. The largest absolute Gasteiger partial charge is 0.322 e. The van der Waals surface area contributed by atoms with Crippen molar-refractivity contribution in [2.45, 2.75) is 13.3 Å². The number of carbonyl (C=O) groups excluding carboxylic acids is 3. The van der Waals surface area contributed by atoms with Gasteiger partial charge in [0.05, 0.1) is 17.5 Å². The van der Waals surface area contributed by atoms with Crippen LogP contribution in [0.5, 0.6) is 0 Å². The van der Waals surface area contributed by atoms with E-state index in [0.717, 1.165) is 12.0 Å². The molecule has 5 aliphatic rings. The SMILES string of the molecule is Cc1ccc(NC(=O)c2cccc(N3C(=O)[C@@H]4[C@H]5C=C[C@@H]([C@@H]6C[C@@H]56)[C@H]4C3=O)c2)cc1Cl. The highest BCUT2D eigenvalue weighted by Crippen LogP contribution is 2.65. The maximum atomic E-state index is 13.3. The summed E-state index contributed by atoms with van der Waals surface area (Å²) in [6, 6.07) is 12.0. The van der Waals surface area contributed by atoms with Crippen molar-refractivity contribution in [2.24, 2.45) is 35.5 Å². The second kappa shape index (κ2) is 6.54. The Bertz CT molecular complexity index is 1150. The molecule has 2 aromatic rings. The second-order valence-electron chi connectivity index (χ2n) is 9.13. The lowest BCUT2D eigenvalue weighted by atomic mass is 9.63. The number of nitrogens with one attached hydrogen (secondary N) is 1. The van der Waals surface area contributed by atoms with Crippen molar-refractivity contribution in [1.82, 2.24) is 0 Å². The molecule has 3 fully saturated rings. The minimum absolute atomic E-state index is 0.123. The van der Waals surface area contributed by atoms with Crippen LogP contribution in [0.1, 0.15) is 22.3 Å². The van der Waals surface area contributed by atoms with Crippen molar-refractivity contribution >= 4 is 40.7 Å². The van der Waals surface area contributed by atoms with E-state index in [-0.39, 0.29) is 41.4 Å². The van der Waals surface area contributed by atoms with Gasteiger partial charge in [-0.25, -0.2) is 4.90 Å². The number of imide groups is 1. The molecule has 0 spiro atoms. The quantitative estimate of drug-likeness (QED) is 0.575. The first-order valence-electron chi connectivity index (χ1n) is 10.7. The van der Waals surface area contributed by atoms with Gasteiger partial charge in [0, 0.05) is 16.3 Å². The van der Waals surface area contributed by atoms with E-state index in [9.17, 15) is 14.4 Å². The van der Waals surface area contributed by atoms with Crippen LogP contribution >= 0.6 is 11.6 Å². The summed E-state index contributed by atoms with van der Waals surface area (Å²) >= 11 is 6.15. The van der Waals surface area contributed by atoms with Crippen LogP contribution in [0.25, 0.3) is 0 Å². The number of carbonyl (C=O) groups is 3. The van der Waals surface area contributed by atoms with Crippen LogP contribution in [-0.4, -0.2) is 17.7 Å². The summed E-state index contributed by atoms with van der Waals surface area (Å²) in [5.74, 6) is 0.416. The monoisotopic (exact) mass is 432 g/mol. The lowest BCUT2D eigenvalue weighted by Crippen LogP contribution is -2.40. The van der Waals surface area contributed by atoms with Gasteiger partial charge in [-0.15, -0.1) is 0 Å². The molecule has 3 amide bonds. The lowest BCUT2D eigenvalue weighted by molar-refractivity contribution is -0.124. The molecule has 0 unspecified atom stereocenters. The zero-order valence-corrected chi connectivity index (χ0v) is 17.7. The van der Waals surface area contributed by atoms with Crippen LogP contribution in [0.3, 0.4) is 0 Å². The van der Waals surface area contributed by atoms with Gasteiger partial charge >= 0.3 is 0 Å². The molecule has 2 bridgehead atoms. The first-order chi connectivity index (χ1) is 14.9. The molecular formula is C25H21ClN2O3. The van der Waals surface area contributed by atoms with Crippen molar-refractivity contribution in [3.8, 4) is 0 Å². The minimum atomic E-state index is -0.318. The van der Waals surface area contributed by atoms with Gasteiger partial charge in [0.25, 0.3) is 5.91 Å². The molecule has 0 aromatic heterocycles. The number of benzene rings is 2. The molecule has 2 saturated carbocycles. The van der Waals surface area contributed by atoms with Crippen molar-refractivity contribution in [1.29, 1.82) is 0 Å².